The van der Waals surface area contributed by atoms with Gasteiger partial charge in [-0.05, 0) is 35.5 Å². The van der Waals surface area contributed by atoms with Crippen LogP contribution < -0.4 is 10.2 Å². The van der Waals surface area contributed by atoms with Gasteiger partial charge >= 0.3 is 0 Å². The van der Waals surface area contributed by atoms with Gasteiger partial charge in [-0.3, -0.25) is 4.79 Å². The number of fused-ring (bicyclic) bond motifs is 2. The normalized spacial score (nSPS) is 11.2. The third-order valence-corrected chi connectivity index (χ3v) is 3.82. The van der Waals surface area contributed by atoms with Crippen molar-refractivity contribution in [1.29, 1.82) is 0 Å². The average molecular weight is 338 g/mol. The summed E-state index contributed by atoms with van der Waals surface area (Å²) in [6.45, 7) is 0.443. The zero-order valence-corrected chi connectivity index (χ0v) is 13.1. The van der Waals surface area contributed by atoms with Gasteiger partial charge in [-0.1, -0.05) is 6.07 Å². The van der Waals surface area contributed by atoms with Crippen LogP contribution in [-0.2, 0) is 0 Å². The Labute approximate surface area is 141 Å². The number of benzene rings is 2. The molecule has 0 aliphatic rings. The minimum atomic E-state index is -0.136. The first kappa shape index (κ1) is 15.3. The highest BCUT2D eigenvalue weighted by molar-refractivity contribution is 5.91. The van der Waals surface area contributed by atoms with Crippen LogP contribution in [0.25, 0.3) is 33.3 Å². The van der Waals surface area contributed by atoms with Crippen LogP contribution >= 0.6 is 0 Å². The van der Waals surface area contributed by atoms with Gasteiger partial charge in [-0.2, -0.15) is 5.21 Å². The SMILES string of the molecule is O=c1c2ccc(-c3nn[nH]n3)cc2oc2ccc(OCCCO)cc12. The number of ether oxygens (including phenoxy) is 1. The molecule has 4 aromatic rings. The topological polar surface area (TPSA) is 114 Å². The number of rotatable bonds is 5. The first-order valence-corrected chi connectivity index (χ1v) is 7.74. The molecule has 0 aliphatic heterocycles. The van der Waals surface area contributed by atoms with Gasteiger partial charge in [0.05, 0.1) is 17.4 Å². The number of nitrogens with zero attached hydrogens (tertiary/aromatic N) is 3. The summed E-state index contributed by atoms with van der Waals surface area (Å²) in [5, 5.41) is 23.5. The molecule has 2 aromatic carbocycles. The summed E-state index contributed by atoms with van der Waals surface area (Å²) < 4.78 is 11.4. The molecule has 4 rings (SSSR count). The Bertz CT molecular complexity index is 1090. The van der Waals surface area contributed by atoms with Crippen LogP contribution in [0.2, 0.25) is 0 Å². The number of aliphatic hydroxyl groups is 1. The third-order valence-electron chi connectivity index (χ3n) is 3.82. The molecule has 0 amide bonds. The minimum absolute atomic E-state index is 0.0586. The van der Waals surface area contributed by atoms with Gasteiger partial charge in [0.25, 0.3) is 0 Å². The lowest BCUT2D eigenvalue weighted by atomic mass is 10.1. The number of aromatic amines is 1. The minimum Gasteiger partial charge on any atom is -0.493 e. The molecular weight excluding hydrogens is 324 g/mol. The van der Waals surface area contributed by atoms with E-state index in [0.717, 1.165) is 0 Å². The van der Waals surface area contributed by atoms with Crippen LogP contribution in [-0.4, -0.2) is 38.9 Å². The van der Waals surface area contributed by atoms with Crippen molar-refractivity contribution in [3.63, 3.8) is 0 Å². The van der Waals surface area contributed by atoms with E-state index in [9.17, 15) is 4.79 Å². The van der Waals surface area contributed by atoms with E-state index in [2.05, 4.69) is 20.6 Å². The molecule has 8 nitrogen and oxygen atoms in total. The second-order valence-electron chi connectivity index (χ2n) is 5.46. The Kier molecular flexibility index (Phi) is 3.87. The Hall–Kier alpha value is -3.26. The van der Waals surface area contributed by atoms with Gasteiger partial charge in [-0.15, -0.1) is 10.2 Å². The molecule has 2 heterocycles. The monoisotopic (exact) mass is 338 g/mol. The van der Waals surface area contributed by atoms with Crippen molar-refractivity contribution in [2.45, 2.75) is 6.42 Å². The van der Waals surface area contributed by atoms with Crippen molar-refractivity contribution in [1.82, 2.24) is 20.6 Å². The number of hydrogen-bond donors (Lipinski definition) is 2. The summed E-state index contributed by atoms with van der Waals surface area (Å²) in [6.07, 6.45) is 0.531. The number of hydrogen-bond acceptors (Lipinski definition) is 7. The second-order valence-corrected chi connectivity index (χ2v) is 5.46. The molecule has 0 spiro atoms. The van der Waals surface area contributed by atoms with Crippen LogP contribution in [0.4, 0.5) is 0 Å². The van der Waals surface area contributed by atoms with Crippen LogP contribution in [0.3, 0.4) is 0 Å². The molecule has 0 radical (unpaired) electrons. The van der Waals surface area contributed by atoms with Crippen molar-refractivity contribution < 1.29 is 14.3 Å². The van der Waals surface area contributed by atoms with E-state index in [0.29, 0.717) is 52.1 Å². The zero-order valence-electron chi connectivity index (χ0n) is 13.1. The van der Waals surface area contributed by atoms with E-state index >= 15 is 0 Å². The Morgan fingerprint density at radius 2 is 2.04 bits per heavy atom. The Morgan fingerprint density at radius 1 is 1.12 bits per heavy atom. The number of H-pyrrole nitrogens is 1. The molecule has 8 heteroatoms. The van der Waals surface area contributed by atoms with E-state index in [1.807, 2.05) is 0 Å². The summed E-state index contributed by atoms with van der Waals surface area (Å²) in [6, 6.07) is 10.2. The van der Waals surface area contributed by atoms with Gasteiger partial charge < -0.3 is 14.3 Å². The molecule has 0 fully saturated rings. The van der Waals surface area contributed by atoms with E-state index in [-0.39, 0.29) is 12.0 Å². The van der Waals surface area contributed by atoms with Gasteiger partial charge in [0.1, 0.15) is 16.9 Å². The maximum Gasteiger partial charge on any atom is 0.204 e. The summed E-state index contributed by atoms with van der Waals surface area (Å²) in [5.41, 5.74) is 1.49. The maximum absolute atomic E-state index is 12.8. The third kappa shape index (κ3) is 2.83. The highest BCUT2D eigenvalue weighted by Gasteiger charge is 2.11. The van der Waals surface area contributed by atoms with Gasteiger partial charge in [0.2, 0.25) is 11.3 Å². The lowest BCUT2D eigenvalue weighted by molar-refractivity contribution is 0.233. The molecule has 0 saturated heterocycles. The number of aromatic nitrogens is 4. The van der Waals surface area contributed by atoms with E-state index in [1.165, 1.54) is 0 Å². The summed E-state index contributed by atoms with van der Waals surface area (Å²) in [4.78, 5) is 12.8. The highest BCUT2D eigenvalue weighted by Crippen LogP contribution is 2.25. The van der Waals surface area contributed by atoms with Crippen molar-refractivity contribution in [2.24, 2.45) is 0 Å². The number of nitrogens with one attached hydrogen (secondary N) is 1. The quantitative estimate of drug-likeness (QED) is 0.422. The summed E-state index contributed by atoms with van der Waals surface area (Å²) in [5.74, 6) is 0.994. The standard InChI is InChI=1S/C17H14N4O4/c22-6-1-7-24-11-3-5-14-13(9-11)16(23)12-4-2-10(8-15(12)25-14)17-18-20-21-19-17/h2-5,8-9,22H,1,6-7H2,(H,18,19,20,21). The average Bonchev–Trinajstić information content (AvgIpc) is 3.17. The fourth-order valence-electron chi connectivity index (χ4n) is 2.60. The second kappa shape index (κ2) is 6.33. The smallest absolute Gasteiger partial charge is 0.204 e. The zero-order chi connectivity index (χ0) is 17.2. The van der Waals surface area contributed by atoms with E-state index in [4.69, 9.17) is 14.3 Å². The van der Waals surface area contributed by atoms with Crippen LogP contribution in [0.5, 0.6) is 5.75 Å². The molecule has 25 heavy (non-hydrogen) atoms. The summed E-state index contributed by atoms with van der Waals surface area (Å²) >= 11 is 0. The lowest BCUT2D eigenvalue weighted by Gasteiger charge is -2.07. The number of aliphatic hydroxyl groups excluding tert-OH is 1. The number of tetrazole rings is 1. The highest BCUT2D eigenvalue weighted by atomic mass is 16.5. The van der Waals surface area contributed by atoms with Gasteiger partial charge in [-0.25, -0.2) is 0 Å². The van der Waals surface area contributed by atoms with Gasteiger partial charge in [0, 0.05) is 18.6 Å². The Balaban J connectivity index is 1.81. The molecule has 2 N–H and O–H groups in total. The molecule has 0 atom stereocenters. The molecule has 0 saturated carbocycles. The molecule has 0 unspecified atom stereocenters. The lowest BCUT2D eigenvalue weighted by Crippen LogP contribution is -2.04. The predicted molar refractivity (Wildman–Crippen MR) is 90.4 cm³/mol. The molecule has 2 aromatic heterocycles. The van der Waals surface area contributed by atoms with Gasteiger partial charge in [0.15, 0.2) is 0 Å². The maximum atomic E-state index is 12.8. The fourth-order valence-corrected chi connectivity index (χ4v) is 2.60. The molecule has 126 valence electrons. The van der Waals surface area contributed by atoms with Crippen molar-refractivity contribution >= 4 is 21.9 Å². The first-order valence-electron chi connectivity index (χ1n) is 7.74. The molecule has 0 bridgehead atoms. The first-order chi connectivity index (χ1) is 12.3. The fraction of sp³-hybridized carbons (Fsp3) is 0.176. The summed E-state index contributed by atoms with van der Waals surface area (Å²) in [7, 11) is 0. The van der Waals surface area contributed by atoms with Crippen LogP contribution in [0, 0.1) is 0 Å². The molecular formula is C17H14N4O4. The largest absolute Gasteiger partial charge is 0.493 e. The van der Waals surface area contributed by atoms with Crippen LogP contribution in [0.1, 0.15) is 6.42 Å². The molecule has 0 aliphatic carbocycles. The van der Waals surface area contributed by atoms with E-state index in [1.54, 1.807) is 36.4 Å². The predicted octanol–water partition coefficient (Wildman–Crippen LogP) is 1.89. The van der Waals surface area contributed by atoms with Crippen molar-refractivity contribution in [2.75, 3.05) is 13.2 Å². The Morgan fingerprint density at radius 3 is 2.84 bits per heavy atom. The van der Waals surface area contributed by atoms with Crippen molar-refractivity contribution in [3.05, 3.63) is 46.6 Å². The van der Waals surface area contributed by atoms with Crippen LogP contribution in [0.15, 0.2) is 45.6 Å². The van der Waals surface area contributed by atoms with Crippen molar-refractivity contribution in [3.8, 4) is 17.1 Å². The van der Waals surface area contributed by atoms with E-state index < -0.39 is 0 Å².